The molecule has 0 unspecified atom stereocenters. The molecule has 0 aromatic heterocycles. The monoisotopic (exact) mass is 534 g/mol. The second-order valence-electron chi connectivity index (χ2n) is 5.13. The second kappa shape index (κ2) is 16.2. The fraction of sp³-hybridized carbons (Fsp3) is 0.812. The van der Waals surface area contributed by atoms with Crippen molar-refractivity contribution in [3.8, 4) is 0 Å². The first kappa shape index (κ1) is 26.3. The molecule has 0 aliphatic carbocycles. The molecule has 0 saturated carbocycles. The summed E-state index contributed by atoms with van der Waals surface area (Å²) in [5.41, 5.74) is 0. The molecule has 10 heteroatoms. The summed E-state index contributed by atoms with van der Waals surface area (Å²) in [7, 11) is 5.65. The quantitative estimate of drug-likeness (QED) is 0.136. The van der Waals surface area contributed by atoms with Gasteiger partial charge in [-0.15, -0.1) is 0 Å². The molecule has 152 valence electrons. The first-order valence-corrected chi connectivity index (χ1v) is 25.0. The topological polar surface area (TPSA) is 78.9 Å². The minimum atomic E-state index is -2.64. The van der Waals surface area contributed by atoms with E-state index in [1.54, 1.807) is 20.8 Å². The first-order chi connectivity index (χ1) is 12.4. The van der Waals surface area contributed by atoms with Gasteiger partial charge in [0.25, 0.3) is 0 Å². The van der Waals surface area contributed by atoms with Crippen LogP contribution in [0.3, 0.4) is 0 Å². The Bertz CT molecular complexity index is 376. The molecular formula is C16H30O6S3Sn. The van der Waals surface area contributed by atoms with E-state index in [-0.39, 0.29) is 17.9 Å². The molecular weight excluding hydrogens is 503 g/mol. The van der Waals surface area contributed by atoms with E-state index < -0.39 is 14.2 Å². The summed E-state index contributed by atoms with van der Waals surface area (Å²) in [6, 6.07) is 0. The molecule has 0 aromatic carbocycles. The third kappa shape index (κ3) is 14.3. The number of rotatable bonds is 15. The van der Waals surface area contributed by atoms with Crippen molar-refractivity contribution in [1.82, 2.24) is 0 Å². The summed E-state index contributed by atoms with van der Waals surface area (Å²) in [6.07, 6.45) is 1.17. The van der Waals surface area contributed by atoms with Crippen molar-refractivity contribution >= 4 is 59.0 Å². The Labute approximate surface area is 168 Å². The Hall–Kier alpha value is 0.259. The Morgan fingerprint density at radius 1 is 0.654 bits per heavy atom. The van der Waals surface area contributed by atoms with Gasteiger partial charge in [0.05, 0.1) is 0 Å². The molecule has 26 heavy (non-hydrogen) atoms. The normalized spacial score (nSPS) is 11.1. The van der Waals surface area contributed by atoms with Gasteiger partial charge in [-0.2, -0.15) is 0 Å². The second-order valence-corrected chi connectivity index (χ2v) is 41.2. The molecule has 0 saturated heterocycles. The Morgan fingerprint density at radius 3 is 1.15 bits per heavy atom. The van der Waals surface area contributed by atoms with Gasteiger partial charge in [-0.1, -0.05) is 0 Å². The maximum absolute atomic E-state index is 11.2. The van der Waals surface area contributed by atoms with Crippen molar-refractivity contribution in [2.75, 3.05) is 37.1 Å². The summed E-state index contributed by atoms with van der Waals surface area (Å²) in [5.74, 6) is 1.76. The zero-order valence-electron chi connectivity index (χ0n) is 16.0. The van der Waals surface area contributed by atoms with Crippen molar-refractivity contribution < 1.29 is 28.6 Å². The van der Waals surface area contributed by atoms with E-state index in [1.165, 1.54) is 0 Å². The summed E-state index contributed by atoms with van der Waals surface area (Å²) < 4.78 is 15.4. The first-order valence-electron chi connectivity index (χ1n) is 8.75. The number of carbonyl (C=O) groups is 3. The third-order valence-electron chi connectivity index (χ3n) is 3.00. The molecule has 0 heterocycles. The minimum absolute atomic E-state index is 0.180. The van der Waals surface area contributed by atoms with Gasteiger partial charge in [-0.3, -0.25) is 0 Å². The number of ether oxygens (including phenoxy) is 3. The molecule has 0 N–H and O–H groups in total. The van der Waals surface area contributed by atoms with Crippen LogP contribution in [0, 0.1) is 0 Å². The molecule has 0 fully saturated rings. The van der Waals surface area contributed by atoms with Crippen LogP contribution in [0.25, 0.3) is 0 Å². The average molecular weight is 533 g/mol. The fourth-order valence-corrected chi connectivity index (χ4v) is 32.3. The van der Waals surface area contributed by atoms with E-state index >= 15 is 0 Å². The van der Waals surface area contributed by atoms with Gasteiger partial charge < -0.3 is 0 Å². The molecule has 0 spiro atoms. The van der Waals surface area contributed by atoms with Crippen LogP contribution in [0.5, 0.6) is 0 Å². The van der Waals surface area contributed by atoms with Crippen molar-refractivity contribution in [2.24, 2.45) is 0 Å². The molecule has 0 aromatic rings. The SMILES string of the molecule is CCC(=O)OCC[S][Sn]([CH3])([S]CCOC(=O)CC)[S]CCOC(=O)CC. The number of hydrogen-bond acceptors (Lipinski definition) is 9. The van der Waals surface area contributed by atoms with Crippen molar-refractivity contribution in [3.05, 3.63) is 0 Å². The van der Waals surface area contributed by atoms with Gasteiger partial charge in [0, 0.05) is 0 Å². The average Bonchev–Trinajstić information content (AvgIpc) is 2.65. The summed E-state index contributed by atoms with van der Waals surface area (Å²) >= 11 is -2.64. The van der Waals surface area contributed by atoms with Crippen LogP contribution in [0.2, 0.25) is 4.94 Å². The van der Waals surface area contributed by atoms with Crippen LogP contribution in [0.4, 0.5) is 0 Å². The summed E-state index contributed by atoms with van der Waals surface area (Å²) in [6.45, 7) is 6.58. The Kier molecular flexibility index (Phi) is 16.4. The molecule has 0 atom stereocenters. The third-order valence-corrected chi connectivity index (χ3v) is 38.6. The summed E-state index contributed by atoms with van der Waals surface area (Å²) in [4.78, 5) is 36.0. The predicted molar refractivity (Wildman–Crippen MR) is 113 cm³/mol. The van der Waals surface area contributed by atoms with Gasteiger partial charge in [0.15, 0.2) is 0 Å². The standard InChI is InChI=1S/3C5H10O2S.CH3.Sn/c3*1-2-5(6)7-3-4-8;;/h3*8H,2-4H2,1H3;1H3;/q;;;;+3/p-3. The molecule has 6 nitrogen and oxygen atoms in total. The van der Waals surface area contributed by atoms with E-state index in [0.29, 0.717) is 39.1 Å². The molecule has 0 rings (SSSR count). The molecule has 0 radical (unpaired) electrons. The van der Waals surface area contributed by atoms with Crippen LogP contribution in [-0.2, 0) is 28.6 Å². The fourth-order valence-electron chi connectivity index (χ4n) is 1.58. The maximum atomic E-state index is 11.2. The predicted octanol–water partition coefficient (Wildman–Crippen LogP) is 3.61. The van der Waals surface area contributed by atoms with E-state index in [2.05, 4.69) is 4.94 Å². The number of hydrogen-bond donors (Lipinski definition) is 0. The molecule has 0 bridgehead atoms. The molecule has 0 aliphatic heterocycles. The molecule has 0 aliphatic rings. The van der Waals surface area contributed by atoms with Crippen molar-refractivity contribution in [1.29, 1.82) is 0 Å². The number of esters is 3. The van der Waals surface area contributed by atoms with Gasteiger partial charge >= 0.3 is 170 Å². The number of carbonyl (C=O) groups excluding carboxylic acids is 3. The van der Waals surface area contributed by atoms with E-state index in [9.17, 15) is 14.4 Å². The van der Waals surface area contributed by atoms with Gasteiger partial charge in [-0.25, -0.2) is 0 Å². The van der Waals surface area contributed by atoms with Crippen LogP contribution >= 0.6 is 26.8 Å². The van der Waals surface area contributed by atoms with Crippen molar-refractivity contribution in [3.63, 3.8) is 0 Å². The van der Waals surface area contributed by atoms with E-state index in [0.717, 1.165) is 17.3 Å². The summed E-state index contributed by atoms with van der Waals surface area (Å²) in [5, 5.41) is 0. The van der Waals surface area contributed by atoms with E-state index in [4.69, 9.17) is 14.2 Å². The zero-order chi connectivity index (χ0) is 19.8. The van der Waals surface area contributed by atoms with Crippen LogP contribution < -0.4 is 0 Å². The van der Waals surface area contributed by atoms with Gasteiger partial charge in [0.2, 0.25) is 0 Å². The van der Waals surface area contributed by atoms with Crippen LogP contribution in [-0.4, -0.2) is 69.2 Å². The Morgan fingerprint density at radius 2 is 0.923 bits per heavy atom. The van der Waals surface area contributed by atoms with Crippen LogP contribution in [0.1, 0.15) is 40.0 Å². The van der Waals surface area contributed by atoms with Crippen LogP contribution in [0.15, 0.2) is 0 Å². The van der Waals surface area contributed by atoms with Crippen molar-refractivity contribution in [2.45, 2.75) is 45.0 Å². The molecule has 0 amide bonds. The Balaban J connectivity index is 4.32. The van der Waals surface area contributed by atoms with Gasteiger partial charge in [0.1, 0.15) is 0 Å². The van der Waals surface area contributed by atoms with E-state index in [1.807, 2.05) is 26.8 Å². The van der Waals surface area contributed by atoms with Gasteiger partial charge in [-0.05, 0) is 0 Å². The zero-order valence-corrected chi connectivity index (χ0v) is 21.3.